The molecule has 0 aliphatic rings. The number of nitrogens with two attached hydrogens (primary N) is 1. The van der Waals surface area contributed by atoms with Gasteiger partial charge >= 0.3 is 0 Å². The van der Waals surface area contributed by atoms with Crippen LogP contribution in [0.2, 0.25) is 5.15 Å². The van der Waals surface area contributed by atoms with Crippen molar-refractivity contribution in [2.75, 3.05) is 12.8 Å². The van der Waals surface area contributed by atoms with Crippen LogP contribution in [0.25, 0.3) is 11.0 Å². The fraction of sp³-hybridized carbons (Fsp3) is 0.429. The van der Waals surface area contributed by atoms with Gasteiger partial charge in [-0.1, -0.05) is 17.7 Å². The molecule has 0 saturated carbocycles. The summed E-state index contributed by atoms with van der Waals surface area (Å²) in [6.45, 7) is 6.74. The predicted octanol–water partition coefficient (Wildman–Crippen LogP) is 2.96. The fourth-order valence-corrected chi connectivity index (χ4v) is 2.40. The van der Waals surface area contributed by atoms with Gasteiger partial charge < -0.3 is 15.0 Å². The van der Waals surface area contributed by atoms with Crippen LogP contribution < -0.4 is 5.73 Å². The normalized spacial score (nSPS) is 13.9. The van der Waals surface area contributed by atoms with E-state index in [1.807, 2.05) is 31.5 Å². The van der Waals surface area contributed by atoms with Crippen LogP contribution in [0.5, 0.6) is 0 Å². The number of hydrogen-bond donors (Lipinski definition) is 1. The van der Waals surface area contributed by atoms with Crippen LogP contribution in [0, 0.1) is 6.92 Å². The number of rotatable bonds is 4. The zero-order valence-electron chi connectivity index (χ0n) is 12.1. The lowest BCUT2D eigenvalue weighted by atomic mass is 10.2. The van der Waals surface area contributed by atoms with Crippen molar-refractivity contribution in [3.8, 4) is 0 Å². The van der Waals surface area contributed by atoms with E-state index in [1.165, 1.54) is 5.57 Å². The highest BCUT2D eigenvalue weighted by Crippen LogP contribution is 2.26. The molecule has 20 heavy (non-hydrogen) atoms. The van der Waals surface area contributed by atoms with Gasteiger partial charge in [-0.3, -0.25) is 0 Å². The number of ether oxygens (including phenoxy) is 1. The van der Waals surface area contributed by atoms with Crippen molar-refractivity contribution in [1.82, 2.24) is 14.5 Å². The van der Waals surface area contributed by atoms with Gasteiger partial charge in [-0.15, -0.1) is 0 Å². The van der Waals surface area contributed by atoms with E-state index in [9.17, 15) is 0 Å². The van der Waals surface area contributed by atoms with Crippen molar-refractivity contribution in [3.63, 3.8) is 0 Å². The molecule has 2 aromatic heterocycles. The van der Waals surface area contributed by atoms with Gasteiger partial charge in [0.25, 0.3) is 0 Å². The molecular weight excluding hydrogens is 276 g/mol. The SMILES string of the molecule is COC(C)/C(C)=C/Cn1cc(C)c2c(Cl)nc(N)nc21. The molecule has 0 aliphatic carbocycles. The summed E-state index contributed by atoms with van der Waals surface area (Å²) in [5.41, 5.74) is 8.64. The second-order valence-electron chi connectivity index (χ2n) is 4.86. The third-order valence-electron chi connectivity index (χ3n) is 3.48. The second-order valence-corrected chi connectivity index (χ2v) is 5.22. The summed E-state index contributed by atoms with van der Waals surface area (Å²) in [4.78, 5) is 8.28. The Morgan fingerprint density at radius 2 is 2.25 bits per heavy atom. The Bertz CT molecular complexity index is 663. The number of allylic oxidation sites excluding steroid dienone is 1. The van der Waals surface area contributed by atoms with Crippen LogP contribution in [0.15, 0.2) is 17.8 Å². The highest BCUT2D eigenvalue weighted by molar-refractivity contribution is 6.34. The zero-order valence-corrected chi connectivity index (χ0v) is 12.9. The van der Waals surface area contributed by atoms with E-state index < -0.39 is 0 Å². The van der Waals surface area contributed by atoms with Crippen molar-refractivity contribution in [2.24, 2.45) is 0 Å². The summed E-state index contributed by atoms with van der Waals surface area (Å²) in [6, 6.07) is 0. The minimum Gasteiger partial charge on any atom is -0.377 e. The van der Waals surface area contributed by atoms with E-state index in [1.54, 1.807) is 7.11 Å². The number of nitrogen functional groups attached to an aromatic ring is 1. The number of anilines is 1. The molecule has 0 bridgehead atoms. The molecule has 0 aromatic carbocycles. The van der Waals surface area contributed by atoms with Gasteiger partial charge in [0.1, 0.15) is 10.8 Å². The lowest BCUT2D eigenvalue weighted by Crippen LogP contribution is -2.07. The minimum atomic E-state index is 0.0983. The topological polar surface area (TPSA) is 66.0 Å². The number of halogens is 1. The molecular formula is C14H19ClN4O. The summed E-state index contributed by atoms with van der Waals surface area (Å²) < 4.78 is 7.30. The molecule has 1 unspecified atom stereocenters. The largest absolute Gasteiger partial charge is 0.377 e. The summed E-state index contributed by atoms with van der Waals surface area (Å²) in [7, 11) is 1.70. The standard InChI is InChI=1S/C14H19ClN4O/c1-8(10(3)20-4)5-6-19-7-9(2)11-12(15)17-14(16)18-13(11)19/h5,7,10H,6H2,1-4H3,(H2,16,17,18)/b8-5+. The van der Waals surface area contributed by atoms with Crippen LogP contribution in [0.4, 0.5) is 5.95 Å². The van der Waals surface area contributed by atoms with E-state index in [4.69, 9.17) is 22.1 Å². The Kier molecular flexibility index (Phi) is 4.30. The maximum Gasteiger partial charge on any atom is 0.223 e. The molecule has 0 amide bonds. The number of aromatic nitrogens is 3. The predicted molar refractivity (Wildman–Crippen MR) is 81.9 cm³/mol. The molecule has 0 fully saturated rings. The highest BCUT2D eigenvalue weighted by Gasteiger charge is 2.12. The van der Waals surface area contributed by atoms with Crippen LogP contribution in [-0.2, 0) is 11.3 Å². The molecule has 0 spiro atoms. The minimum absolute atomic E-state index is 0.0983. The van der Waals surface area contributed by atoms with E-state index in [2.05, 4.69) is 16.0 Å². The van der Waals surface area contributed by atoms with Gasteiger partial charge in [0.05, 0.1) is 11.5 Å². The molecule has 1 atom stereocenters. The molecule has 2 aromatic rings. The van der Waals surface area contributed by atoms with Gasteiger partial charge in [-0.25, -0.2) is 4.98 Å². The summed E-state index contributed by atoms with van der Waals surface area (Å²) >= 11 is 6.14. The number of hydrogen-bond acceptors (Lipinski definition) is 4. The summed E-state index contributed by atoms with van der Waals surface area (Å²) in [5, 5.41) is 1.25. The lowest BCUT2D eigenvalue weighted by Gasteiger charge is -2.10. The Balaban J connectivity index is 2.41. The average molecular weight is 295 g/mol. The lowest BCUT2D eigenvalue weighted by molar-refractivity contribution is 0.146. The zero-order chi connectivity index (χ0) is 14.9. The summed E-state index contributed by atoms with van der Waals surface area (Å²) in [5.74, 6) is 0.188. The Labute approximate surface area is 123 Å². The summed E-state index contributed by atoms with van der Waals surface area (Å²) in [6.07, 6.45) is 4.21. The maximum atomic E-state index is 6.14. The number of methoxy groups -OCH3 is 1. The van der Waals surface area contributed by atoms with E-state index in [0.717, 1.165) is 16.6 Å². The fourth-order valence-electron chi connectivity index (χ4n) is 2.08. The first-order chi connectivity index (χ1) is 9.43. The van der Waals surface area contributed by atoms with Crippen LogP contribution >= 0.6 is 11.6 Å². The molecule has 2 rings (SSSR count). The van der Waals surface area contributed by atoms with Crippen molar-refractivity contribution in [3.05, 3.63) is 28.6 Å². The third kappa shape index (κ3) is 2.78. The second kappa shape index (κ2) is 5.81. The van der Waals surface area contributed by atoms with Gasteiger partial charge in [0.2, 0.25) is 5.95 Å². The Morgan fingerprint density at radius 1 is 1.55 bits per heavy atom. The smallest absolute Gasteiger partial charge is 0.223 e. The van der Waals surface area contributed by atoms with Crippen molar-refractivity contribution in [1.29, 1.82) is 0 Å². The van der Waals surface area contributed by atoms with Crippen molar-refractivity contribution >= 4 is 28.6 Å². The van der Waals surface area contributed by atoms with Gasteiger partial charge in [0, 0.05) is 19.9 Å². The molecule has 108 valence electrons. The van der Waals surface area contributed by atoms with E-state index in [-0.39, 0.29) is 12.1 Å². The third-order valence-corrected chi connectivity index (χ3v) is 3.76. The van der Waals surface area contributed by atoms with Crippen LogP contribution in [0.1, 0.15) is 19.4 Å². The van der Waals surface area contributed by atoms with Crippen molar-refractivity contribution in [2.45, 2.75) is 33.4 Å². The van der Waals surface area contributed by atoms with Crippen LogP contribution in [-0.4, -0.2) is 27.7 Å². The van der Waals surface area contributed by atoms with Gasteiger partial charge in [-0.05, 0) is 31.9 Å². The highest BCUT2D eigenvalue weighted by atomic mass is 35.5. The first kappa shape index (κ1) is 14.8. The number of fused-ring (bicyclic) bond motifs is 1. The van der Waals surface area contributed by atoms with Crippen molar-refractivity contribution < 1.29 is 4.74 Å². The quantitative estimate of drug-likeness (QED) is 0.695. The number of aryl methyl sites for hydroxylation is 1. The van der Waals surface area contributed by atoms with Crippen LogP contribution in [0.3, 0.4) is 0 Å². The Morgan fingerprint density at radius 3 is 2.90 bits per heavy atom. The molecule has 6 heteroatoms. The van der Waals surface area contributed by atoms with E-state index in [0.29, 0.717) is 11.7 Å². The van der Waals surface area contributed by atoms with Gasteiger partial charge in [-0.2, -0.15) is 4.98 Å². The van der Waals surface area contributed by atoms with Gasteiger partial charge in [0.15, 0.2) is 0 Å². The molecule has 0 saturated heterocycles. The average Bonchev–Trinajstić information content (AvgIpc) is 2.71. The molecule has 0 radical (unpaired) electrons. The molecule has 5 nitrogen and oxygen atoms in total. The first-order valence-electron chi connectivity index (χ1n) is 6.42. The Hall–Kier alpha value is -1.59. The molecule has 0 aliphatic heterocycles. The first-order valence-corrected chi connectivity index (χ1v) is 6.79. The van der Waals surface area contributed by atoms with E-state index >= 15 is 0 Å². The molecule has 2 heterocycles. The molecule has 2 N–H and O–H groups in total. The maximum absolute atomic E-state index is 6.14. The monoisotopic (exact) mass is 294 g/mol. The number of nitrogens with zero attached hydrogens (tertiary/aromatic N) is 3.